The number of anilines is 1. The normalized spacial score (nSPS) is 12.1. The van der Waals surface area contributed by atoms with Gasteiger partial charge in [-0.15, -0.1) is 0 Å². The van der Waals surface area contributed by atoms with Gasteiger partial charge in [0.05, 0.1) is 17.8 Å². The third kappa shape index (κ3) is 5.88. The van der Waals surface area contributed by atoms with Crippen molar-refractivity contribution < 1.29 is 35.5 Å². The van der Waals surface area contributed by atoms with Gasteiger partial charge in [-0.05, 0) is 18.2 Å². The van der Waals surface area contributed by atoms with Crippen LogP contribution in [0.3, 0.4) is 0 Å². The smallest absolute Gasteiger partial charge is 0.374 e. The summed E-state index contributed by atoms with van der Waals surface area (Å²) in [7, 11) is 0. The Morgan fingerprint density at radius 2 is 1.71 bits per heavy atom. The second-order valence-corrected chi connectivity index (χ2v) is 3.94. The average molecular weight is 318 g/mol. The van der Waals surface area contributed by atoms with Crippen LogP contribution >= 0.6 is 0 Å². The van der Waals surface area contributed by atoms with Crippen LogP contribution in [0.15, 0.2) is 18.2 Å². The van der Waals surface area contributed by atoms with E-state index in [0.29, 0.717) is 18.2 Å². The third-order valence-corrected chi connectivity index (χ3v) is 2.22. The summed E-state index contributed by atoms with van der Waals surface area (Å²) in [5, 5.41) is 3.49. The lowest BCUT2D eigenvalue weighted by Crippen LogP contribution is -2.37. The largest absolute Gasteiger partial charge is 0.416 e. The Morgan fingerprint density at radius 3 is 2.24 bits per heavy atom. The monoisotopic (exact) mass is 318 g/mol. The first kappa shape index (κ1) is 17.1. The van der Waals surface area contributed by atoms with Crippen molar-refractivity contribution in [2.45, 2.75) is 12.4 Å². The molecule has 21 heavy (non-hydrogen) atoms. The van der Waals surface area contributed by atoms with E-state index in [4.69, 9.17) is 0 Å². The van der Waals surface area contributed by atoms with Gasteiger partial charge in [0.25, 0.3) is 0 Å². The van der Waals surface area contributed by atoms with Crippen molar-refractivity contribution in [3.8, 4) is 0 Å². The molecule has 1 aromatic carbocycles. The molecule has 0 unspecified atom stereocenters. The van der Waals surface area contributed by atoms with E-state index in [9.17, 15) is 35.5 Å². The third-order valence-electron chi connectivity index (χ3n) is 2.22. The minimum Gasteiger partial charge on any atom is -0.374 e. The Morgan fingerprint density at radius 1 is 1.10 bits per heavy atom. The first-order valence-electron chi connectivity index (χ1n) is 5.43. The Hall–Kier alpha value is -2.00. The number of nitrogens with one attached hydrogen (secondary N) is 2. The molecule has 0 bridgehead atoms. The van der Waals surface area contributed by atoms with Crippen molar-refractivity contribution in [3.05, 3.63) is 29.6 Å². The highest BCUT2D eigenvalue weighted by Crippen LogP contribution is 2.31. The number of carbonyl (C=O) groups is 1. The standard InChI is InChI=1S/C11H9F7N2O/c12-7-2-1-6(11(16,17)18)3-8(7)19-4-9(21)20-5-10(13,14)15/h1-3,19H,4-5H2,(H,20,21). The van der Waals surface area contributed by atoms with Gasteiger partial charge in [0.15, 0.2) is 0 Å². The maximum absolute atomic E-state index is 13.2. The fourth-order valence-corrected chi connectivity index (χ4v) is 1.27. The van der Waals surface area contributed by atoms with Crippen molar-refractivity contribution in [2.75, 3.05) is 18.4 Å². The van der Waals surface area contributed by atoms with Crippen molar-refractivity contribution in [3.63, 3.8) is 0 Å². The van der Waals surface area contributed by atoms with Gasteiger partial charge in [-0.25, -0.2) is 4.39 Å². The first-order valence-corrected chi connectivity index (χ1v) is 5.43. The molecule has 118 valence electrons. The van der Waals surface area contributed by atoms with Crippen LogP contribution in [0, 0.1) is 5.82 Å². The minimum atomic E-state index is -4.71. The van der Waals surface area contributed by atoms with Crippen molar-refractivity contribution >= 4 is 11.6 Å². The number of alkyl halides is 6. The molecule has 1 aromatic rings. The van der Waals surface area contributed by atoms with E-state index in [-0.39, 0.29) is 0 Å². The summed E-state index contributed by atoms with van der Waals surface area (Å²) in [5.74, 6) is -2.20. The molecule has 10 heteroatoms. The number of rotatable bonds is 4. The molecule has 0 aliphatic heterocycles. The van der Waals surface area contributed by atoms with Gasteiger partial charge < -0.3 is 10.6 Å². The lowest BCUT2D eigenvalue weighted by Gasteiger charge is -2.12. The number of halogens is 7. The van der Waals surface area contributed by atoms with E-state index in [1.54, 1.807) is 0 Å². The molecule has 0 heterocycles. The highest BCUT2D eigenvalue weighted by Gasteiger charge is 2.31. The molecule has 0 radical (unpaired) electrons. The average Bonchev–Trinajstić information content (AvgIpc) is 2.33. The van der Waals surface area contributed by atoms with E-state index in [1.807, 2.05) is 5.32 Å². The van der Waals surface area contributed by atoms with Crippen molar-refractivity contribution in [1.29, 1.82) is 0 Å². The summed E-state index contributed by atoms with van der Waals surface area (Å²) in [6, 6.07) is 1.47. The molecule has 0 aliphatic rings. The zero-order valence-corrected chi connectivity index (χ0v) is 10.2. The van der Waals surface area contributed by atoms with E-state index in [2.05, 4.69) is 0 Å². The molecule has 0 saturated carbocycles. The van der Waals surface area contributed by atoms with E-state index < -0.39 is 48.4 Å². The Bertz CT molecular complexity index is 510. The molecule has 0 aliphatic carbocycles. The van der Waals surface area contributed by atoms with Crippen LogP contribution < -0.4 is 10.6 Å². The van der Waals surface area contributed by atoms with Gasteiger partial charge in [-0.3, -0.25) is 4.79 Å². The Kier molecular flexibility index (Phi) is 5.02. The van der Waals surface area contributed by atoms with Crippen LogP contribution in [0.4, 0.5) is 36.4 Å². The molecular formula is C11H9F7N2O. The van der Waals surface area contributed by atoms with Gasteiger partial charge in [-0.1, -0.05) is 0 Å². The molecule has 2 N–H and O–H groups in total. The summed E-state index contributed by atoms with van der Waals surface area (Å²) in [6.45, 7) is -2.38. The number of hydrogen-bond donors (Lipinski definition) is 2. The summed E-state index contributed by atoms with van der Waals surface area (Å²) in [6.07, 6.45) is -9.32. The molecule has 1 rings (SSSR count). The van der Waals surface area contributed by atoms with Gasteiger partial charge in [0, 0.05) is 0 Å². The SMILES string of the molecule is O=C(CNc1cc(C(F)(F)F)ccc1F)NCC(F)(F)F. The second kappa shape index (κ2) is 6.19. The van der Waals surface area contributed by atoms with Gasteiger partial charge >= 0.3 is 12.4 Å². The van der Waals surface area contributed by atoms with Crippen LogP contribution in [-0.2, 0) is 11.0 Å². The highest BCUT2D eigenvalue weighted by molar-refractivity contribution is 5.80. The fourth-order valence-electron chi connectivity index (χ4n) is 1.27. The first-order chi connectivity index (χ1) is 9.49. The number of hydrogen-bond acceptors (Lipinski definition) is 2. The predicted octanol–water partition coefficient (Wildman–Crippen LogP) is 2.93. The minimum absolute atomic E-state index is 0.423. The second-order valence-electron chi connectivity index (χ2n) is 3.94. The molecule has 0 aromatic heterocycles. The number of carbonyl (C=O) groups excluding carboxylic acids is 1. The van der Waals surface area contributed by atoms with Crippen LogP contribution in [0.2, 0.25) is 0 Å². The topological polar surface area (TPSA) is 41.1 Å². The fraction of sp³-hybridized carbons (Fsp3) is 0.364. The lowest BCUT2D eigenvalue weighted by atomic mass is 10.2. The molecule has 0 atom stereocenters. The van der Waals surface area contributed by atoms with E-state index >= 15 is 0 Å². The lowest BCUT2D eigenvalue weighted by molar-refractivity contribution is -0.137. The van der Waals surface area contributed by atoms with Crippen LogP contribution in [-0.4, -0.2) is 25.2 Å². The van der Waals surface area contributed by atoms with Crippen molar-refractivity contribution in [2.24, 2.45) is 0 Å². The van der Waals surface area contributed by atoms with Crippen LogP contribution in [0.1, 0.15) is 5.56 Å². The zero-order chi connectivity index (χ0) is 16.3. The maximum Gasteiger partial charge on any atom is 0.416 e. The number of benzene rings is 1. The predicted molar refractivity (Wildman–Crippen MR) is 59.0 cm³/mol. The van der Waals surface area contributed by atoms with Gasteiger partial charge in [-0.2, -0.15) is 26.3 Å². The maximum atomic E-state index is 13.2. The van der Waals surface area contributed by atoms with E-state index in [1.165, 1.54) is 5.32 Å². The van der Waals surface area contributed by atoms with Gasteiger partial charge in [0.1, 0.15) is 12.4 Å². The summed E-state index contributed by atoms with van der Waals surface area (Å²) < 4.78 is 85.9. The van der Waals surface area contributed by atoms with Crippen LogP contribution in [0.5, 0.6) is 0 Å². The summed E-state index contributed by atoms with van der Waals surface area (Å²) in [5.41, 5.74) is -1.78. The quantitative estimate of drug-likeness (QED) is 0.838. The summed E-state index contributed by atoms with van der Waals surface area (Å²) >= 11 is 0. The zero-order valence-electron chi connectivity index (χ0n) is 10.2. The van der Waals surface area contributed by atoms with Crippen molar-refractivity contribution in [1.82, 2.24) is 5.32 Å². The highest BCUT2D eigenvalue weighted by atomic mass is 19.4. The van der Waals surface area contributed by atoms with Crippen LogP contribution in [0.25, 0.3) is 0 Å². The molecule has 1 amide bonds. The van der Waals surface area contributed by atoms with E-state index in [0.717, 1.165) is 0 Å². The molecule has 3 nitrogen and oxygen atoms in total. The number of amides is 1. The molecular weight excluding hydrogens is 309 g/mol. The molecule has 0 fully saturated rings. The Labute approximate surface area is 114 Å². The molecule has 0 spiro atoms. The summed E-state index contributed by atoms with van der Waals surface area (Å²) in [4.78, 5) is 11.0. The van der Waals surface area contributed by atoms with Gasteiger partial charge in [0.2, 0.25) is 5.91 Å². The molecule has 0 saturated heterocycles. The Balaban J connectivity index is 2.65.